The molecule has 6 heteroatoms. The van der Waals surface area contributed by atoms with E-state index in [4.69, 9.17) is 17.3 Å². The van der Waals surface area contributed by atoms with Gasteiger partial charge in [0, 0.05) is 5.69 Å². The predicted octanol–water partition coefficient (Wildman–Crippen LogP) is 3.64. The molecule has 98 valence electrons. The van der Waals surface area contributed by atoms with Crippen LogP contribution in [0.3, 0.4) is 0 Å². The number of carbonyl (C=O) groups excluding carboxylic acids is 1. The highest BCUT2D eigenvalue weighted by Gasteiger charge is 2.13. The van der Waals surface area contributed by atoms with Gasteiger partial charge in [-0.2, -0.15) is 0 Å². The number of phenols is 1. The van der Waals surface area contributed by atoms with Gasteiger partial charge in [0.25, 0.3) is 5.91 Å². The SMILES string of the molecule is Nc1ccc(O)cc1C(=O)Nc1cccc(Cl)c1Br. The highest BCUT2D eigenvalue weighted by atomic mass is 79.9. The number of nitrogens with two attached hydrogens (primary N) is 1. The second kappa shape index (κ2) is 5.50. The Labute approximate surface area is 123 Å². The Hall–Kier alpha value is -1.72. The number of halogens is 2. The van der Waals surface area contributed by atoms with Crippen molar-refractivity contribution in [2.24, 2.45) is 0 Å². The fraction of sp³-hybridized carbons (Fsp3) is 0. The van der Waals surface area contributed by atoms with Gasteiger partial charge in [-0.15, -0.1) is 0 Å². The number of hydrogen-bond acceptors (Lipinski definition) is 3. The van der Waals surface area contributed by atoms with Gasteiger partial charge < -0.3 is 16.2 Å². The number of carbonyl (C=O) groups is 1. The molecule has 4 N–H and O–H groups in total. The number of rotatable bonds is 2. The molecule has 0 aliphatic carbocycles. The number of amides is 1. The van der Waals surface area contributed by atoms with Crippen LogP contribution < -0.4 is 11.1 Å². The Bertz CT molecular complexity index is 647. The average Bonchev–Trinajstić information content (AvgIpc) is 2.38. The van der Waals surface area contributed by atoms with Crippen molar-refractivity contribution in [3.8, 4) is 5.75 Å². The molecule has 2 aromatic carbocycles. The number of hydrogen-bond donors (Lipinski definition) is 3. The first kappa shape index (κ1) is 13.7. The summed E-state index contributed by atoms with van der Waals surface area (Å²) in [5, 5.41) is 12.5. The molecular formula is C13H10BrClN2O2. The van der Waals surface area contributed by atoms with Gasteiger partial charge in [-0.25, -0.2) is 0 Å². The maximum absolute atomic E-state index is 12.1. The first-order chi connectivity index (χ1) is 8.99. The van der Waals surface area contributed by atoms with Crippen LogP contribution in [-0.2, 0) is 0 Å². The van der Waals surface area contributed by atoms with Gasteiger partial charge in [0.2, 0.25) is 0 Å². The molecule has 0 fully saturated rings. The van der Waals surface area contributed by atoms with Crippen molar-refractivity contribution >= 4 is 44.8 Å². The molecule has 2 aromatic rings. The standard InChI is InChI=1S/C13H10BrClN2O2/c14-12-9(15)2-1-3-11(12)17-13(19)8-6-7(18)4-5-10(8)16/h1-6,18H,16H2,(H,17,19). The van der Waals surface area contributed by atoms with Gasteiger partial charge >= 0.3 is 0 Å². The Morgan fingerprint density at radius 3 is 2.79 bits per heavy atom. The second-order valence-corrected chi connectivity index (χ2v) is 5.03. The van der Waals surface area contributed by atoms with E-state index in [-0.39, 0.29) is 17.0 Å². The molecule has 0 aliphatic rings. The smallest absolute Gasteiger partial charge is 0.257 e. The van der Waals surface area contributed by atoms with Crippen molar-refractivity contribution in [1.82, 2.24) is 0 Å². The molecule has 0 saturated heterocycles. The fourth-order valence-electron chi connectivity index (χ4n) is 1.53. The normalized spacial score (nSPS) is 10.2. The molecule has 0 spiro atoms. The molecule has 0 aromatic heterocycles. The van der Waals surface area contributed by atoms with E-state index in [1.54, 1.807) is 18.2 Å². The van der Waals surface area contributed by atoms with E-state index in [0.29, 0.717) is 15.2 Å². The minimum absolute atomic E-state index is 0.0236. The van der Waals surface area contributed by atoms with Crippen LogP contribution in [0.5, 0.6) is 5.75 Å². The molecule has 0 radical (unpaired) electrons. The first-order valence-electron chi connectivity index (χ1n) is 5.33. The van der Waals surface area contributed by atoms with Crippen LogP contribution in [0.25, 0.3) is 0 Å². The largest absolute Gasteiger partial charge is 0.508 e. The van der Waals surface area contributed by atoms with Gasteiger partial charge in [-0.3, -0.25) is 4.79 Å². The zero-order chi connectivity index (χ0) is 14.0. The zero-order valence-electron chi connectivity index (χ0n) is 9.65. The van der Waals surface area contributed by atoms with Crippen molar-refractivity contribution in [1.29, 1.82) is 0 Å². The summed E-state index contributed by atoms with van der Waals surface area (Å²) in [5.74, 6) is -0.444. The van der Waals surface area contributed by atoms with E-state index in [9.17, 15) is 9.90 Å². The maximum atomic E-state index is 12.1. The Morgan fingerprint density at radius 1 is 1.32 bits per heavy atom. The summed E-state index contributed by atoms with van der Waals surface area (Å²) >= 11 is 9.22. The monoisotopic (exact) mass is 340 g/mol. The molecule has 0 unspecified atom stereocenters. The third-order valence-corrected chi connectivity index (χ3v) is 3.88. The molecule has 1 amide bonds. The number of nitrogens with one attached hydrogen (secondary N) is 1. The van der Waals surface area contributed by atoms with Crippen LogP contribution in [0.4, 0.5) is 11.4 Å². The predicted molar refractivity (Wildman–Crippen MR) is 79.6 cm³/mol. The Kier molecular flexibility index (Phi) is 3.97. The van der Waals surface area contributed by atoms with Crippen LogP contribution in [0.2, 0.25) is 5.02 Å². The summed E-state index contributed by atoms with van der Waals surface area (Å²) in [4.78, 5) is 12.1. The van der Waals surface area contributed by atoms with Crippen molar-refractivity contribution in [3.05, 3.63) is 51.5 Å². The molecule has 0 saturated carbocycles. The lowest BCUT2D eigenvalue weighted by molar-refractivity contribution is 0.102. The van der Waals surface area contributed by atoms with E-state index >= 15 is 0 Å². The van der Waals surface area contributed by atoms with Gasteiger partial charge in [-0.05, 0) is 46.3 Å². The quantitative estimate of drug-likeness (QED) is 0.576. The fourth-order valence-corrected chi connectivity index (χ4v) is 2.07. The van der Waals surface area contributed by atoms with E-state index in [1.807, 2.05) is 0 Å². The van der Waals surface area contributed by atoms with Crippen molar-refractivity contribution in [2.45, 2.75) is 0 Å². The molecule has 0 heterocycles. The second-order valence-electron chi connectivity index (χ2n) is 3.83. The third-order valence-electron chi connectivity index (χ3n) is 2.48. The van der Waals surface area contributed by atoms with Gasteiger partial charge in [0.05, 0.1) is 20.7 Å². The van der Waals surface area contributed by atoms with Crippen LogP contribution in [-0.4, -0.2) is 11.0 Å². The average molecular weight is 342 g/mol. The molecule has 0 atom stereocenters. The number of nitrogen functional groups attached to an aromatic ring is 1. The van der Waals surface area contributed by atoms with Crippen LogP contribution >= 0.6 is 27.5 Å². The molecule has 19 heavy (non-hydrogen) atoms. The van der Waals surface area contributed by atoms with E-state index in [2.05, 4.69) is 21.2 Å². The zero-order valence-corrected chi connectivity index (χ0v) is 12.0. The minimum Gasteiger partial charge on any atom is -0.508 e. The summed E-state index contributed by atoms with van der Waals surface area (Å²) in [7, 11) is 0. The van der Waals surface area contributed by atoms with Crippen LogP contribution in [0.15, 0.2) is 40.9 Å². The summed E-state index contributed by atoms with van der Waals surface area (Å²) in [6, 6.07) is 9.31. The number of anilines is 2. The Morgan fingerprint density at radius 2 is 2.05 bits per heavy atom. The van der Waals surface area contributed by atoms with E-state index < -0.39 is 5.91 Å². The molecular weight excluding hydrogens is 332 g/mol. The molecule has 4 nitrogen and oxygen atoms in total. The van der Waals surface area contributed by atoms with E-state index in [1.165, 1.54) is 18.2 Å². The number of aromatic hydroxyl groups is 1. The summed E-state index contributed by atoms with van der Waals surface area (Å²) < 4.78 is 0.587. The molecule has 0 aliphatic heterocycles. The minimum atomic E-state index is -0.420. The highest BCUT2D eigenvalue weighted by molar-refractivity contribution is 9.10. The van der Waals surface area contributed by atoms with Gasteiger partial charge in [-0.1, -0.05) is 17.7 Å². The lowest BCUT2D eigenvalue weighted by Crippen LogP contribution is -2.14. The lowest BCUT2D eigenvalue weighted by Gasteiger charge is -2.10. The number of phenolic OH excluding ortho intramolecular Hbond substituents is 1. The third kappa shape index (κ3) is 3.00. The van der Waals surface area contributed by atoms with Crippen molar-refractivity contribution in [3.63, 3.8) is 0 Å². The van der Waals surface area contributed by atoms with Gasteiger partial charge in [0.1, 0.15) is 5.75 Å². The summed E-state index contributed by atoms with van der Waals surface area (Å²) in [6.07, 6.45) is 0. The van der Waals surface area contributed by atoms with Gasteiger partial charge in [0.15, 0.2) is 0 Å². The highest BCUT2D eigenvalue weighted by Crippen LogP contribution is 2.30. The van der Waals surface area contributed by atoms with Crippen LogP contribution in [0.1, 0.15) is 10.4 Å². The topological polar surface area (TPSA) is 75.3 Å². The molecule has 2 rings (SSSR count). The molecule has 0 bridgehead atoms. The summed E-state index contributed by atoms with van der Waals surface area (Å²) in [5.41, 5.74) is 6.72. The maximum Gasteiger partial charge on any atom is 0.257 e. The first-order valence-corrected chi connectivity index (χ1v) is 6.50. The van der Waals surface area contributed by atoms with Crippen LogP contribution in [0, 0.1) is 0 Å². The number of benzene rings is 2. The Balaban J connectivity index is 2.31. The van der Waals surface area contributed by atoms with Crippen molar-refractivity contribution < 1.29 is 9.90 Å². The lowest BCUT2D eigenvalue weighted by atomic mass is 10.1. The van der Waals surface area contributed by atoms with Crippen molar-refractivity contribution in [2.75, 3.05) is 11.1 Å². The summed E-state index contributed by atoms with van der Waals surface area (Å²) in [6.45, 7) is 0. The van der Waals surface area contributed by atoms with E-state index in [0.717, 1.165) is 0 Å².